The van der Waals surface area contributed by atoms with E-state index in [0.29, 0.717) is 10.7 Å². The van der Waals surface area contributed by atoms with Crippen molar-refractivity contribution in [2.45, 2.75) is 4.90 Å². The molecule has 2 aromatic carbocycles. The molecule has 0 atom stereocenters. The third kappa shape index (κ3) is 3.70. The fraction of sp³-hybridized carbons (Fsp3) is 0. The summed E-state index contributed by atoms with van der Waals surface area (Å²) in [6.45, 7) is 0. The van der Waals surface area contributed by atoms with Crippen LogP contribution in [0.25, 0.3) is 11.1 Å². The topological polar surface area (TPSA) is 59.1 Å². The monoisotopic (exact) mass is 344 g/mol. The molecule has 0 saturated carbocycles. The van der Waals surface area contributed by atoms with Gasteiger partial charge in [0, 0.05) is 16.8 Å². The highest BCUT2D eigenvalue weighted by Gasteiger charge is 2.15. The van der Waals surface area contributed by atoms with Gasteiger partial charge in [-0.25, -0.2) is 8.42 Å². The van der Waals surface area contributed by atoms with Crippen molar-refractivity contribution in [2.75, 3.05) is 4.72 Å². The van der Waals surface area contributed by atoms with Crippen LogP contribution in [-0.2, 0) is 10.0 Å². The van der Waals surface area contributed by atoms with Crippen LogP contribution in [0.2, 0.25) is 5.02 Å². The molecule has 0 aliphatic rings. The largest absolute Gasteiger partial charge is 0.278 e. The summed E-state index contributed by atoms with van der Waals surface area (Å²) in [5.74, 6) is 0. The summed E-state index contributed by atoms with van der Waals surface area (Å²) < 4.78 is 27.3. The molecule has 0 unspecified atom stereocenters. The smallest absolute Gasteiger partial charge is 0.261 e. The number of hydrogen-bond acceptors (Lipinski definition) is 3. The molecule has 0 fully saturated rings. The van der Waals surface area contributed by atoms with E-state index in [0.717, 1.165) is 11.1 Å². The second-order valence-corrected chi connectivity index (χ2v) is 7.01. The summed E-state index contributed by atoms with van der Waals surface area (Å²) >= 11 is 5.85. The van der Waals surface area contributed by atoms with Gasteiger partial charge in [0.05, 0.1) is 16.8 Å². The molecular formula is C17H13ClN2O2S. The van der Waals surface area contributed by atoms with Crippen LogP contribution in [-0.4, -0.2) is 13.4 Å². The van der Waals surface area contributed by atoms with Crippen molar-refractivity contribution in [1.82, 2.24) is 4.98 Å². The third-order valence-electron chi connectivity index (χ3n) is 3.20. The van der Waals surface area contributed by atoms with Crippen molar-refractivity contribution in [3.63, 3.8) is 0 Å². The standard InChI is InChI=1S/C17H13ClN2O2S/c18-15-7-4-8-17(10-15)23(21,22)20-16-9-14(11-19-12-16)13-5-2-1-3-6-13/h1-12,20H. The van der Waals surface area contributed by atoms with Gasteiger partial charge in [-0.05, 0) is 29.8 Å². The Morgan fingerprint density at radius 3 is 2.39 bits per heavy atom. The number of aromatic nitrogens is 1. The van der Waals surface area contributed by atoms with E-state index in [4.69, 9.17) is 11.6 Å². The zero-order valence-corrected chi connectivity index (χ0v) is 13.6. The summed E-state index contributed by atoms with van der Waals surface area (Å²) in [7, 11) is -3.71. The normalized spacial score (nSPS) is 11.2. The van der Waals surface area contributed by atoms with E-state index < -0.39 is 10.0 Å². The Morgan fingerprint density at radius 2 is 1.65 bits per heavy atom. The van der Waals surface area contributed by atoms with Gasteiger partial charge in [-0.1, -0.05) is 48.0 Å². The second kappa shape index (κ2) is 6.40. The number of rotatable bonds is 4. The molecule has 3 rings (SSSR count). The summed E-state index contributed by atoms with van der Waals surface area (Å²) in [6, 6.07) is 17.5. The quantitative estimate of drug-likeness (QED) is 0.771. The maximum Gasteiger partial charge on any atom is 0.261 e. The Morgan fingerprint density at radius 1 is 0.870 bits per heavy atom. The van der Waals surface area contributed by atoms with Gasteiger partial charge in [0.15, 0.2) is 0 Å². The number of sulfonamides is 1. The SMILES string of the molecule is O=S(=O)(Nc1cncc(-c2ccccc2)c1)c1cccc(Cl)c1. The highest BCUT2D eigenvalue weighted by molar-refractivity contribution is 7.92. The van der Waals surface area contributed by atoms with Crippen LogP contribution in [0.5, 0.6) is 0 Å². The molecule has 0 saturated heterocycles. The average Bonchev–Trinajstić information content (AvgIpc) is 2.55. The van der Waals surface area contributed by atoms with E-state index in [1.807, 2.05) is 30.3 Å². The summed E-state index contributed by atoms with van der Waals surface area (Å²) in [5.41, 5.74) is 2.19. The number of halogens is 1. The lowest BCUT2D eigenvalue weighted by Gasteiger charge is -2.09. The van der Waals surface area contributed by atoms with Crippen LogP contribution in [0, 0.1) is 0 Å². The fourth-order valence-corrected chi connectivity index (χ4v) is 3.47. The lowest BCUT2D eigenvalue weighted by molar-refractivity contribution is 0.601. The van der Waals surface area contributed by atoms with Gasteiger partial charge in [-0.2, -0.15) is 0 Å². The van der Waals surface area contributed by atoms with Gasteiger partial charge in [0.2, 0.25) is 0 Å². The van der Waals surface area contributed by atoms with Crippen molar-refractivity contribution in [2.24, 2.45) is 0 Å². The molecule has 1 aromatic heterocycles. The molecule has 0 bridgehead atoms. The minimum Gasteiger partial charge on any atom is -0.278 e. The van der Waals surface area contributed by atoms with E-state index in [-0.39, 0.29) is 4.90 Å². The van der Waals surface area contributed by atoms with Gasteiger partial charge in [0.25, 0.3) is 10.0 Å². The highest BCUT2D eigenvalue weighted by atomic mass is 35.5. The molecule has 3 aromatic rings. The molecule has 1 heterocycles. The molecule has 0 amide bonds. The first kappa shape index (κ1) is 15.5. The molecule has 6 heteroatoms. The Hall–Kier alpha value is -2.37. The second-order valence-electron chi connectivity index (χ2n) is 4.89. The Kier molecular flexibility index (Phi) is 4.32. The first-order valence-electron chi connectivity index (χ1n) is 6.83. The molecule has 116 valence electrons. The molecule has 0 aliphatic heterocycles. The van der Waals surface area contributed by atoms with Gasteiger partial charge >= 0.3 is 0 Å². The van der Waals surface area contributed by atoms with Gasteiger partial charge in [-0.3, -0.25) is 9.71 Å². The third-order valence-corrected chi connectivity index (χ3v) is 4.82. The minimum absolute atomic E-state index is 0.107. The van der Waals surface area contributed by atoms with Crippen LogP contribution in [0.1, 0.15) is 0 Å². The number of nitrogens with zero attached hydrogens (tertiary/aromatic N) is 1. The summed E-state index contributed by atoms with van der Waals surface area (Å²) in [4.78, 5) is 4.21. The molecule has 0 radical (unpaired) electrons. The fourth-order valence-electron chi connectivity index (χ4n) is 2.13. The number of nitrogens with one attached hydrogen (secondary N) is 1. The summed E-state index contributed by atoms with van der Waals surface area (Å²) in [5, 5.41) is 0.365. The molecular weight excluding hydrogens is 332 g/mol. The lowest BCUT2D eigenvalue weighted by atomic mass is 10.1. The number of hydrogen-bond donors (Lipinski definition) is 1. The summed E-state index contributed by atoms with van der Waals surface area (Å²) in [6.07, 6.45) is 3.15. The lowest BCUT2D eigenvalue weighted by Crippen LogP contribution is -2.13. The molecule has 23 heavy (non-hydrogen) atoms. The van der Waals surface area contributed by atoms with Crippen LogP contribution >= 0.6 is 11.6 Å². The number of pyridine rings is 1. The molecule has 1 N–H and O–H groups in total. The average molecular weight is 345 g/mol. The first-order chi connectivity index (χ1) is 11.0. The van der Waals surface area contributed by atoms with E-state index >= 15 is 0 Å². The molecule has 4 nitrogen and oxygen atoms in total. The maximum atomic E-state index is 12.4. The predicted octanol–water partition coefficient (Wildman–Crippen LogP) is 4.20. The van der Waals surface area contributed by atoms with Crippen molar-refractivity contribution in [1.29, 1.82) is 0 Å². The maximum absolute atomic E-state index is 12.4. The van der Waals surface area contributed by atoms with Gasteiger partial charge in [0.1, 0.15) is 0 Å². The van der Waals surface area contributed by atoms with Crippen molar-refractivity contribution in [3.05, 3.63) is 78.1 Å². The first-order valence-corrected chi connectivity index (χ1v) is 8.69. The molecule has 0 aliphatic carbocycles. The van der Waals surface area contributed by atoms with Gasteiger partial charge in [-0.15, -0.1) is 0 Å². The number of benzene rings is 2. The van der Waals surface area contributed by atoms with Crippen LogP contribution < -0.4 is 4.72 Å². The van der Waals surface area contributed by atoms with Crippen molar-refractivity contribution >= 4 is 27.3 Å². The Bertz CT molecular complexity index is 928. The van der Waals surface area contributed by atoms with E-state index in [1.165, 1.54) is 18.3 Å². The molecule has 0 spiro atoms. The van der Waals surface area contributed by atoms with Crippen molar-refractivity contribution in [3.8, 4) is 11.1 Å². The van der Waals surface area contributed by atoms with Crippen LogP contribution in [0.4, 0.5) is 5.69 Å². The Balaban J connectivity index is 1.91. The van der Waals surface area contributed by atoms with E-state index in [2.05, 4.69) is 9.71 Å². The van der Waals surface area contributed by atoms with E-state index in [1.54, 1.807) is 24.4 Å². The van der Waals surface area contributed by atoms with Crippen LogP contribution in [0.3, 0.4) is 0 Å². The van der Waals surface area contributed by atoms with E-state index in [9.17, 15) is 8.42 Å². The zero-order chi connectivity index (χ0) is 16.3. The Labute approximate surface area is 139 Å². The highest BCUT2D eigenvalue weighted by Crippen LogP contribution is 2.23. The zero-order valence-electron chi connectivity index (χ0n) is 12.0. The minimum atomic E-state index is -3.71. The number of anilines is 1. The van der Waals surface area contributed by atoms with Crippen molar-refractivity contribution < 1.29 is 8.42 Å². The van der Waals surface area contributed by atoms with Gasteiger partial charge < -0.3 is 0 Å². The predicted molar refractivity (Wildman–Crippen MR) is 91.9 cm³/mol. The van der Waals surface area contributed by atoms with Crippen LogP contribution in [0.15, 0.2) is 78.0 Å².